The summed E-state index contributed by atoms with van der Waals surface area (Å²) in [5.74, 6) is 1.10. The summed E-state index contributed by atoms with van der Waals surface area (Å²) >= 11 is 1.67. The van der Waals surface area contributed by atoms with Gasteiger partial charge < -0.3 is 34.6 Å². The molecular weight excluding hydrogens is 484 g/mol. The van der Waals surface area contributed by atoms with Crippen molar-refractivity contribution >= 4 is 22.4 Å². The first-order valence-electron chi connectivity index (χ1n) is 12.4. The highest BCUT2D eigenvalue weighted by molar-refractivity contribution is 7.15. The van der Waals surface area contributed by atoms with Crippen molar-refractivity contribution in [3.8, 4) is 11.5 Å². The van der Waals surface area contributed by atoms with Crippen molar-refractivity contribution < 1.29 is 29.6 Å². The molecule has 1 aromatic heterocycles. The van der Waals surface area contributed by atoms with Crippen LogP contribution < -0.4 is 14.4 Å². The van der Waals surface area contributed by atoms with Gasteiger partial charge in [-0.05, 0) is 37.5 Å². The Morgan fingerprint density at radius 3 is 2.61 bits per heavy atom. The molecule has 4 atom stereocenters. The van der Waals surface area contributed by atoms with Crippen LogP contribution in [0.25, 0.3) is 0 Å². The number of hydrogen-bond acceptors (Lipinski definition) is 10. The first kappa shape index (κ1) is 25.2. The zero-order chi connectivity index (χ0) is 25.6. The monoisotopic (exact) mass is 518 g/mol. The molecule has 3 heterocycles. The van der Waals surface area contributed by atoms with Crippen LogP contribution >= 0.6 is 11.3 Å². The summed E-state index contributed by atoms with van der Waals surface area (Å²) < 4.78 is 11.9. The Hall–Kier alpha value is -2.47. The van der Waals surface area contributed by atoms with Crippen molar-refractivity contribution in [2.75, 3.05) is 44.8 Å². The van der Waals surface area contributed by atoms with Gasteiger partial charge in [0.25, 0.3) is 5.91 Å². The number of rotatable bonds is 9. The average Bonchev–Trinajstić information content (AvgIpc) is 3.47. The van der Waals surface area contributed by atoms with E-state index in [9.17, 15) is 20.1 Å². The summed E-state index contributed by atoms with van der Waals surface area (Å²) in [6.07, 6.45) is 0.225. The molecule has 10 nitrogen and oxygen atoms in total. The molecule has 0 spiro atoms. The molecule has 3 fully saturated rings. The third-order valence-corrected chi connectivity index (χ3v) is 8.96. The van der Waals surface area contributed by atoms with Gasteiger partial charge in [0.2, 0.25) is 5.13 Å². The van der Waals surface area contributed by atoms with Crippen molar-refractivity contribution in [2.24, 2.45) is 5.41 Å². The minimum Gasteiger partial charge on any atom is -0.493 e. The van der Waals surface area contributed by atoms with Gasteiger partial charge in [-0.2, -0.15) is 0 Å². The van der Waals surface area contributed by atoms with E-state index in [1.807, 2.05) is 25.1 Å². The Morgan fingerprint density at radius 2 is 1.97 bits per heavy atom. The quantitative estimate of drug-likeness (QED) is 0.451. The minimum atomic E-state index is -1.47. The highest BCUT2D eigenvalue weighted by Gasteiger charge is 2.49. The summed E-state index contributed by atoms with van der Waals surface area (Å²) in [6.45, 7) is 5.04. The Bertz CT molecular complexity index is 1100. The Labute approximate surface area is 214 Å². The topological polar surface area (TPSA) is 128 Å². The third-order valence-electron chi connectivity index (χ3n) is 7.81. The lowest BCUT2D eigenvalue weighted by atomic mass is 9.72. The second-order valence-electron chi connectivity index (χ2n) is 10.4. The zero-order valence-corrected chi connectivity index (χ0v) is 21.6. The van der Waals surface area contributed by atoms with Crippen molar-refractivity contribution in [2.45, 2.75) is 56.8 Å². The van der Waals surface area contributed by atoms with Crippen LogP contribution in [0, 0.1) is 5.41 Å². The molecule has 2 saturated heterocycles. The smallest absolute Gasteiger partial charge is 0.253 e. The molecule has 196 valence electrons. The molecule has 36 heavy (non-hydrogen) atoms. The molecule has 0 radical (unpaired) electrons. The highest BCUT2D eigenvalue weighted by Crippen LogP contribution is 2.47. The van der Waals surface area contributed by atoms with Gasteiger partial charge >= 0.3 is 0 Å². The molecule has 1 amide bonds. The third kappa shape index (κ3) is 4.65. The maximum Gasteiger partial charge on any atom is 0.253 e. The summed E-state index contributed by atoms with van der Waals surface area (Å²) in [6, 6.07) is 5.71. The number of ether oxygens (including phenoxy) is 2. The van der Waals surface area contributed by atoms with Crippen LogP contribution in [0.15, 0.2) is 18.2 Å². The molecule has 2 aliphatic heterocycles. The van der Waals surface area contributed by atoms with Gasteiger partial charge in [-0.25, -0.2) is 0 Å². The van der Waals surface area contributed by atoms with Crippen LogP contribution in [0.1, 0.15) is 49.1 Å². The molecule has 2 aromatic rings. The fourth-order valence-electron chi connectivity index (χ4n) is 5.08. The largest absolute Gasteiger partial charge is 0.493 e. The maximum absolute atomic E-state index is 12.6. The van der Waals surface area contributed by atoms with Gasteiger partial charge in [-0.1, -0.05) is 24.3 Å². The molecular formula is C25H34N4O6S. The standard InChI is InChI=1S/C25H34N4O6S/c1-14(31)25(2)13-29(23(33)19(32)12-30)11-18(25)16-6-7-20(34-3)21(8-16)35-17-9-28(10-17)24-27-26-22(36-24)15-4-5-15/h6-8,14-15,17-19,30-32H,4-5,9-13H2,1-3H3/t14-,18+,19?,25+/m1/s1. The molecule has 1 aliphatic carbocycles. The number of aliphatic hydroxyl groups is 3. The van der Waals surface area contributed by atoms with Crippen LogP contribution in [0.5, 0.6) is 11.5 Å². The predicted octanol–water partition coefficient (Wildman–Crippen LogP) is 1.36. The first-order valence-corrected chi connectivity index (χ1v) is 13.2. The lowest BCUT2D eigenvalue weighted by molar-refractivity contribution is -0.141. The second kappa shape index (κ2) is 9.77. The fourth-order valence-corrected chi connectivity index (χ4v) is 6.11. The van der Waals surface area contributed by atoms with E-state index in [4.69, 9.17) is 9.47 Å². The number of anilines is 1. The van der Waals surface area contributed by atoms with E-state index in [0.29, 0.717) is 37.1 Å². The van der Waals surface area contributed by atoms with E-state index in [2.05, 4.69) is 15.1 Å². The number of carbonyl (C=O) groups excluding carboxylic acids is 1. The van der Waals surface area contributed by atoms with E-state index in [-0.39, 0.29) is 18.6 Å². The van der Waals surface area contributed by atoms with Crippen LogP contribution in [0.3, 0.4) is 0 Å². The second-order valence-corrected chi connectivity index (χ2v) is 11.4. The molecule has 5 rings (SSSR count). The van der Waals surface area contributed by atoms with Gasteiger partial charge in [0.05, 0.1) is 32.9 Å². The van der Waals surface area contributed by atoms with Crippen LogP contribution in [0.2, 0.25) is 0 Å². The van der Waals surface area contributed by atoms with Gasteiger partial charge in [0.1, 0.15) is 11.1 Å². The summed E-state index contributed by atoms with van der Waals surface area (Å²) in [7, 11) is 1.60. The molecule has 3 aliphatic rings. The van der Waals surface area contributed by atoms with Crippen molar-refractivity contribution in [3.05, 3.63) is 28.8 Å². The van der Waals surface area contributed by atoms with E-state index >= 15 is 0 Å². The molecule has 0 bridgehead atoms. The Morgan fingerprint density at radius 1 is 1.22 bits per heavy atom. The predicted molar refractivity (Wildman–Crippen MR) is 134 cm³/mol. The number of aromatic nitrogens is 2. The summed E-state index contributed by atoms with van der Waals surface area (Å²) in [5, 5.41) is 40.5. The van der Waals surface area contributed by atoms with E-state index in [1.165, 1.54) is 17.7 Å². The van der Waals surface area contributed by atoms with E-state index < -0.39 is 30.1 Å². The molecule has 1 aromatic carbocycles. The molecule has 3 N–H and O–H groups in total. The first-order chi connectivity index (χ1) is 17.2. The van der Waals surface area contributed by atoms with Gasteiger partial charge in [0.15, 0.2) is 17.6 Å². The van der Waals surface area contributed by atoms with E-state index in [0.717, 1.165) is 15.7 Å². The Balaban J connectivity index is 1.31. The number of hydrogen-bond donors (Lipinski definition) is 3. The van der Waals surface area contributed by atoms with Crippen LogP contribution in [-0.2, 0) is 4.79 Å². The summed E-state index contributed by atoms with van der Waals surface area (Å²) in [5.41, 5.74) is 0.276. The number of likely N-dealkylation sites (tertiary alicyclic amines) is 1. The molecule has 1 saturated carbocycles. The Kier molecular flexibility index (Phi) is 6.84. The van der Waals surface area contributed by atoms with Crippen molar-refractivity contribution in [1.29, 1.82) is 0 Å². The van der Waals surface area contributed by atoms with Crippen molar-refractivity contribution in [3.63, 3.8) is 0 Å². The lowest BCUT2D eigenvalue weighted by Crippen LogP contribution is -2.54. The fraction of sp³-hybridized carbons (Fsp3) is 0.640. The van der Waals surface area contributed by atoms with Gasteiger partial charge in [-0.3, -0.25) is 4.79 Å². The van der Waals surface area contributed by atoms with Gasteiger partial charge in [-0.15, -0.1) is 10.2 Å². The zero-order valence-electron chi connectivity index (χ0n) is 20.8. The minimum absolute atomic E-state index is 0.0214. The SMILES string of the molecule is COc1ccc([C@@H]2CN(C(=O)C(O)CO)C[C@@]2(C)[C@@H](C)O)cc1OC1CN(c2nnc(C3CC3)s2)C1. The lowest BCUT2D eigenvalue weighted by Gasteiger charge is -2.39. The summed E-state index contributed by atoms with van der Waals surface area (Å²) in [4.78, 5) is 16.3. The number of aliphatic hydroxyl groups excluding tert-OH is 3. The number of benzene rings is 1. The van der Waals surface area contributed by atoms with Gasteiger partial charge in [0, 0.05) is 30.3 Å². The number of nitrogens with zero attached hydrogens (tertiary/aromatic N) is 4. The molecule has 1 unspecified atom stereocenters. The average molecular weight is 519 g/mol. The normalized spacial score (nSPS) is 26.0. The molecule has 11 heteroatoms. The highest BCUT2D eigenvalue weighted by atomic mass is 32.1. The number of carbonyl (C=O) groups is 1. The van der Waals surface area contributed by atoms with E-state index in [1.54, 1.807) is 25.4 Å². The number of methoxy groups -OCH3 is 1. The van der Waals surface area contributed by atoms with Crippen molar-refractivity contribution in [1.82, 2.24) is 15.1 Å². The maximum atomic E-state index is 12.6. The number of amides is 1. The van der Waals surface area contributed by atoms with Crippen LogP contribution in [-0.4, -0.2) is 94.5 Å². The van der Waals surface area contributed by atoms with Crippen LogP contribution in [0.4, 0.5) is 5.13 Å².